The zero-order valence-corrected chi connectivity index (χ0v) is 10.7. The van der Waals surface area contributed by atoms with Gasteiger partial charge < -0.3 is 10.0 Å². The van der Waals surface area contributed by atoms with Gasteiger partial charge in [-0.3, -0.25) is 4.90 Å². The Balaban J connectivity index is 2.50. The van der Waals surface area contributed by atoms with Crippen LogP contribution in [0.5, 0.6) is 0 Å². The van der Waals surface area contributed by atoms with E-state index in [9.17, 15) is 14.7 Å². The molecule has 5 nitrogen and oxygen atoms in total. The van der Waals surface area contributed by atoms with Gasteiger partial charge in [-0.05, 0) is 31.0 Å². The summed E-state index contributed by atoms with van der Waals surface area (Å²) in [7, 11) is 1.61. The fraction of sp³-hybridized carbons (Fsp3) is 0.385. The standard InChI is InChI=1S/C13H16N2O3/c1-8-5-4-6-10(9(8)2)15-11(12(16)17)7-14(3)13(15)18/h4-6,11H,7H2,1-3H3,(H,16,17). The third-order valence-electron chi connectivity index (χ3n) is 3.41. The summed E-state index contributed by atoms with van der Waals surface area (Å²) in [6.45, 7) is 4.05. The van der Waals surface area contributed by atoms with Crippen molar-refractivity contribution in [3.05, 3.63) is 29.3 Å². The molecule has 0 aliphatic carbocycles. The molecule has 0 spiro atoms. The third kappa shape index (κ3) is 1.81. The molecule has 1 aliphatic rings. The maximum Gasteiger partial charge on any atom is 0.328 e. The summed E-state index contributed by atoms with van der Waals surface area (Å²) >= 11 is 0. The number of urea groups is 1. The van der Waals surface area contributed by atoms with E-state index in [0.717, 1.165) is 11.1 Å². The molecule has 1 unspecified atom stereocenters. The first-order valence-corrected chi connectivity index (χ1v) is 5.77. The van der Waals surface area contributed by atoms with Gasteiger partial charge in [0.2, 0.25) is 0 Å². The molecule has 2 rings (SSSR count). The number of hydrogen-bond acceptors (Lipinski definition) is 2. The van der Waals surface area contributed by atoms with Crippen LogP contribution in [0.15, 0.2) is 18.2 Å². The highest BCUT2D eigenvalue weighted by Gasteiger charge is 2.41. The first kappa shape index (κ1) is 12.4. The largest absolute Gasteiger partial charge is 0.480 e. The Hall–Kier alpha value is -2.04. The van der Waals surface area contributed by atoms with Crippen LogP contribution in [0.25, 0.3) is 0 Å². The summed E-state index contributed by atoms with van der Waals surface area (Å²) < 4.78 is 0. The molecule has 1 aromatic carbocycles. The molecule has 1 aromatic rings. The monoisotopic (exact) mass is 248 g/mol. The first-order valence-electron chi connectivity index (χ1n) is 5.77. The minimum atomic E-state index is -0.978. The molecule has 96 valence electrons. The van der Waals surface area contributed by atoms with Crippen LogP contribution < -0.4 is 4.90 Å². The number of anilines is 1. The van der Waals surface area contributed by atoms with Crippen molar-refractivity contribution >= 4 is 17.7 Å². The van der Waals surface area contributed by atoms with E-state index in [1.54, 1.807) is 13.1 Å². The highest BCUT2D eigenvalue weighted by Crippen LogP contribution is 2.29. The van der Waals surface area contributed by atoms with E-state index >= 15 is 0 Å². The topological polar surface area (TPSA) is 60.9 Å². The molecular formula is C13H16N2O3. The number of carbonyl (C=O) groups excluding carboxylic acids is 1. The predicted octanol–water partition coefficient (Wildman–Crippen LogP) is 1.63. The minimum absolute atomic E-state index is 0.210. The van der Waals surface area contributed by atoms with Crippen molar-refractivity contribution in [3.8, 4) is 0 Å². The van der Waals surface area contributed by atoms with Gasteiger partial charge in [-0.15, -0.1) is 0 Å². The number of amides is 2. The number of benzene rings is 1. The van der Waals surface area contributed by atoms with Crippen molar-refractivity contribution in [1.82, 2.24) is 4.90 Å². The zero-order chi connectivity index (χ0) is 13.4. The second kappa shape index (κ2) is 4.33. The van der Waals surface area contributed by atoms with Crippen LogP contribution in [0, 0.1) is 13.8 Å². The zero-order valence-electron chi connectivity index (χ0n) is 10.7. The van der Waals surface area contributed by atoms with Crippen LogP contribution in [0.4, 0.5) is 10.5 Å². The van der Waals surface area contributed by atoms with Crippen molar-refractivity contribution < 1.29 is 14.7 Å². The van der Waals surface area contributed by atoms with Gasteiger partial charge in [-0.2, -0.15) is 0 Å². The fourth-order valence-corrected chi connectivity index (χ4v) is 2.19. The van der Waals surface area contributed by atoms with Gasteiger partial charge in [0.25, 0.3) is 0 Å². The van der Waals surface area contributed by atoms with E-state index < -0.39 is 12.0 Å². The smallest absolute Gasteiger partial charge is 0.328 e. The highest BCUT2D eigenvalue weighted by atomic mass is 16.4. The van der Waals surface area contributed by atoms with Gasteiger partial charge in [0.1, 0.15) is 0 Å². The summed E-state index contributed by atoms with van der Waals surface area (Å²) in [6, 6.07) is 4.48. The number of likely N-dealkylation sites (N-methyl/N-ethyl adjacent to an activating group) is 1. The molecule has 0 aromatic heterocycles. The Morgan fingerprint density at radius 2 is 2.06 bits per heavy atom. The first-order chi connectivity index (χ1) is 8.43. The minimum Gasteiger partial charge on any atom is -0.480 e. The van der Waals surface area contributed by atoms with Gasteiger partial charge >= 0.3 is 12.0 Å². The lowest BCUT2D eigenvalue weighted by atomic mass is 10.1. The van der Waals surface area contributed by atoms with Crippen molar-refractivity contribution in [3.63, 3.8) is 0 Å². The number of carboxylic acids is 1. The van der Waals surface area contributed by atoms with E-state index in [1.807, 2.05) is 26.0 Å². The number of carboxylic acid groups (broad SMARTS) is 1. The lowest BCUT2D eigenvalue weighted by molar-refractivity contribution is -0.138. The van der Waals surface area contributed by atoms with Crippen LogP contribution in [0.3, 0.4) is 0 Å². The second-order valence-corrected chi connectivity index (χ2v) is 4.61. The Kier molecular flexibility index (Phi) is 2.98. The van der Waals surface area contributed by atoms with E-state index in [0.29, 0.717) is 5.69 Å². The van der Waals surface area contributed by atoms with Crippen LogP contribution in [-0.2, 0) is 4.79 Å². The Bertz CT molecular complexity index is 513. The van der Waals surface area contributed by atoms with Crippen molar-refractivity contribution in [2.75, 3.05) is 18.5 Å². The van der Waals surface area contributed by atoms with Crippen molar-refractivity contribution in [2.24, 2.45) is 0 Å². The normalized spacial score (nSPS) is 19.5. The molecule has 1 N–H and O–H groups in total. The number of hydrogen-bond donors (Lipinski definition) is 1. The molecule has 1 aliphatic heterocycles. The number of carbonyl (C=O) groups is 2. The van der Waals surface area contributed by atoms with Crippen LogP contribution in [0.1, 0.15) is 11.1 Å². The molecule has 1 fully saturated rings. The molecule has 1 saturated heterocycles. The maximum absolute atomic E-state index is 12.1. The van der Waals surface area contributed by atoms with Gasteiger partial charge in [-0.25, -0.2) is 9.59 Å². The SMILES string of the molecule is Cc1cccc(N2C(=O)N(C)CC2C(=O)O)c1C. The van der Waals surface area contributed by atoms with E-state index in [-0.39, 0.29) is 12.6 Å². The summed E-state index contributed by atoms with van der Waals surface area (Å²) in [6.07, 6.45) is 0. The number of rotatable bonds is 2. The maximum atomic E-state index is 12.1. The lowest BCUT2D eigenvalue weighted by Gasteiger charge is -2.23. The lowest BCUT2D eigenvalue weighted by Crippen LogP contribution is -2.40. The predicted molar refractivity (Wildman–Crippen MR) is 67.8 cm³/mol. The van der Waals surface area contributed by atoms with E-state index in [4.69, 9.17) is 0 Å². The third-order valence-corrected chi connectivity index (χ3v) is 3.41. The van der Waals surface area contributed by atoms with E-state index in [2.05, 4.69) is 0 Å². The molecule has 0 saturated carbocycles. The summed E-state index contributed by atoms with van der Waals surface area (Å²) in [4.78, 5) is 26.1. The van der Waals surface area contributed by atoms with Crippen LogP contribution >= 0.6 is 0 Å². The number of nitrogens with zero attached hydrogens (tertiary/aromatic N) is 2. The van der Waals surface area contributed by atoms with E-state index in [1.165, 1.54) is 9.80 Å². The van der Waals surface area contributed by atoms with Gasteiger partial charge in [0.05, 0.1) is 6.54 Å². The summed E-state index contributed by atoms with van der Waals surface area (Å²) in [5.41, 5.74) is 2.66. The van der Waals surface area contributed by atoms with Crippen LogP contribution in [0.2, 0.25) is 0 Å². The molecular weight excluding hydrogens is 232 g/mol. The average Bonchev–Trinajstić information content (AvgIpc) is 2.60. The molecule has 5 heteroatoms. The number of aliphatic carboxylic acids is 1. The quantitative estimate of drug-likeness (QED) is 0.865. The molecule has 0 radical (unpaired) electrons. The average molecular weight is 248 g/mol. The highest BCUT2D eigenvalue weighted by molar-refractivity contribution is 6.01. The summed E-state index contributed by atoms with van der Waals surface area (Å²) in [5.74, 6) is -0.978. The van der Waals surface area contributed by atoms with Gasteiger partial charge in [0.15, 0.2) is 6.04 Å². The molecule has 1 heterocycles. The summed E-state index contributed by atoms with van der Waals surface area (Å²) in [5, 5.41) is 9.22. The number of aryl methyl sites for hydroxylation is 1. The van der Waals surface area contributed by atoms with Crippen LogP contribution in [-0.4, -0.2) is 41.6 Å². The van der Waals surface area contributed by atoms with Gasteiger partial charge in [0, 0.05) is 12.7 Å². The van der Waals surface area contributed by atoms with Crippen molar-refractivity contribution in [2.45, 2.75) is 19.9 Å². The Morgan fingerprint density at radius 1 is 1.39 bits per heavy atom. The molecule has 0 bridgehead atoms. The fourth-order valence-electron chi connectivity index (χ4n) is 2.19. The van der Waals surface area contributed by atoms with Crippen molar-refractivity contribution in [1.29, 1.82) is 0 Å². The molecule has 2 amide bonds. The molecule has 1 atom stereocenters. The Labute approximate surface area is 106 Å². The second-order valence-electron chi connectivity index (χ2n) is 4.61. The Morgan fingerprint density at radius 3 is 2.67 bits per heavy atom. The molecule has 18 heavy (non-hydrogen) atoms. The van der Waals surface area contributed by atoms with Gasteiger partial charge in [-0.1, -0.05) is 12.1 Å².